The molecule has 1 aromatic rings. The fourth-order valence-electron chi connectivity index (χ4n) is 1.74. The van der Waals surface area contributed by atoms with Gasteiger partial charge in [0.05, 0.1) is 5.69 Å². The minimum Gasteiger partial charge on any atom is -0.482 e. The van der Waals surface area contributed by atoms with E-state index in [1.165, 1.54) is 4.90 Å². The van der Waals surface area contributed by atoms with E-state index < -0.39 is 11.3 Å². The maximum atomic E-state index is 11.4. The van der Waals surface area contributed by atoms with Crippen molar-refractivity contribution in [2.24, 2.45) is 0 Å². The number of carboxylic acids is 1. The first-order valence-electron chi connectivity index (χ1n) is 5.38. The molecule has 0 saturated heterocycles. The Morgan fingerprint density at radius 1 is 1.61 bits per heavy atom. The standard InChI is InChI=1S/C12H12ClNO4/c1-14-9-3-2-7(4-8(13)12(16)17)5-10(9)18-6-11(14)15/h2-3,5,8H,4,6H2,1H3,(H,16,17). The van der Waals surface area contributed by atoms with Crippen molar-refractivity contribution in [2.75, 3.05) is 18.6 Å². The minimum absolute atomic E-state index is 0.00378. The lowest BCUT2D eigenvalue weighted by molar-refractivity contribution is -0.136. The summed E-state index contributed by atoms with van der Waals surface area (Å²) in [5, 5.41) is 7.78. The molecular formula is C12H12ClNO4. The number of aliphatic carboxylic acids is 1. The van der Waals surface area contributed by atoms with E-state index in [2.05, 4.69) is 0 Å². The number of benzene rings is 1. The molecule has 0 aliphatic carbocycles. The Balaban J connectivity index is 2.23. The molecule has 1 N–H and O–H groups in total. The third-order valence-corrected chi connectivity index (χ3v) is 3.13. The second kappa shape index (κ2) is 4.86. The van der Waals surface area contributed by atoms with Crippen molar-refractivity contribution >= 4 is 29.2 Å². The molecule has 1 atom stereocenters. The number of rotatable bonds is 3. The molecule has 1 aliphatic heterocycles. The fraction of sp³-hybridized carbons (Fsp3) is 0.333. The summed E-state index contributed by atoms with van der Waals surface area (Å²) in [6.07, 6.45) is 0.213. The molecule has 1 unspecified atom stereocenters. The smallest absolute Gasteiger partial charge is 0.321 e. The molecule has 1 aromatic carbocycles. The molecule has 0 fully saturated rings. The van der Waals surface area contributed by atoms with Crippen LogP contribution in [-0.4, -0.2) is 36.0 Å². The zero-order valence-electron chi connectivity index (χ0n) is 9.72. The Hall–Kier alpha value is -1.75. The van der Waals surface area contributed by atoms with Crippen molar-refractivity contribution in [1.29, 1.82) is 0 Å². The first kappa shape index (κ1) is 12.7. The van der Waals surface area contributed by atoms with Crippen LogP contribution in [0.5, 0.6) is 5.75 Å². The molecule has 0 aromatic heterocycles. The number of likely N-dealkylation sites (N-methyl/N-ethyl adjacent to an activating group) is 1. The van der Waals surface area contributed by atoms with Crippen LogP contribution in [0.4, 0.5) is 5.69 Å². The maximum absolute atomic E-state index is 11.4. The lowest BCUT2D eigenvalue weighted by atomic mass is 10.1. The Kier molecular flexibility index (Phi) is 3.43. The summed E-state index contributed by atoms with van der Waals surface area (Å²) in [6, 6.07) is 5.19. The van der Waals surface area contributed by atoms with Gasteiger partial charge >= 0.3 is 5.97 Å². The van der Waals surface area contributed by atoms with Gasteiger partial charge in [0, 0.05) is 7.05 Å². The van der Waals surface area contributed by atoms with Gasteiger partial charge in [-0.25, -0.2) is 0 Å². The number of anilines is 1. The maximum Gasteiger partial charge on any atom is 0.321 e. The molecule has 1 aliphatic rings. The number of hydrogen-bond acceptors (Lipinski definition) is 3. The molecule has 0 saturated carbocycles. The number of carbonyl (C=O) groups excluding carboxylic acids is 1. The number of alkyl halides is 1. The van der Waals surface area contributed by atoms with E-state index in [1.807, 2.05) is 0 Å². The normalized spacial score (nSPS) is 15.9. The summed E-state index contributed by atoms with van der Waals surface area (Å²) in [4.78, 5) is 23.6. The zero-order valence-corrected chi connectivity index (χ0v) is 10.5. The quantitative estimate of drug-likeness (QED) is 0.840. The van der Waals surface area contributed by atoms with Gasteiger partial charge in [0.2, 0.25) is 0 Å². The molecule has 1 heterocycles. The van der Waals surface area contributed by atoms with Crippen molar-refractivity contribution in [3.8, 4) is 5.75 Å². The van der Waals surface area contributed by atoms with Gasteiger partial charge in [-0.05, 0) is 24.1 Å². The van der Waals surface area contributed by atoms with Gasteiger partial charge in [-0.1, -0.05) is 6.07 Å². The minimum atomic E-state index is -1.05. The summed E-state index contributed by atoms with van der Waals surface area (Å²) in [6.45, 7) is -0.00378. The van der Waals surface area contributed by atoms with Crippen molar-refractivity contribution in [3.63, 3.8) is 0 Å². The number of fused-ring (bicyclic) bond motifs is 1. The van der Waals surface area contributed by atoms with Crippen LogP contribution in [0, 0.1) is 0 Å². The van der Waals surface area contributed by atoms with Gasteiger partial charge < -0.3 is 14.7 Å². The largest absolute Gasteiger partial charge is 0.482 e. The van der Waals surface area contributed by atoms with Crippen LogP contribution in [0.3, 0.4) is 0 Å². The first-order chi connectivity index (χ1) is 8.49. The highest BCUT2D eigenvalue weighted by Crippen LogP contribution is 2.32. The number of amides is 1. The predicted octanol–water partition coefficient (Wildman–Crippen LogP) is 1.28. The lowest BCUT2D eigenvalue weighted by Gasteiger charge is -2.26. The van der Waals surface area contributed by atoms with E-state index in [9.17, 15) is 9.59 Å². The lowest BCUT2D eigenvalue weighted by Crippen LogP contribution is -2.35. The Bertz CT molecular complexity index is 503. The SMILES string of the molecule is CN1C(=O)COc2cc(CC(Cl)C(=O)O)ccc21. The van der Waals surface area contributed by atoms with Gasteiger partial charge in [-0.3, -0.25) is 9.59 Å². The number of carbonyl (C=O) groups is 2. The summed E-state index contributed by atoms with van der Waals surface area (Å²) in [5.74, 6) is -0.595. The fourth-order valence-corrected chi connectivity index (χ4v) is 1.92. The Morgan fingerprint density at radius 2 is 2.33 bits per heavy atom. The van der Waals surface area contributed by atoms with E-state index in [1.54, 1.807) is 25.2 Å². The number of hydrogen-bond donors (Lipinski definition) is 1. The van der Waals surface area contributed by atoms with Crippen molar-refractivity contribution in [3.05, 3.63) is 23.8 Å². The Morgan fingerprint density at radius 3 is 3.00 bits per heavy atom. The number of halogens is 1. The highest BCUT2D eigenvalue weighted by atomic mass is 35.5. The summed E-state index contributed by atoms with van der Waals surface area (Å²) in [7, 11) is 1.67. The molecule has 2 rings (SSSR count). The molecule has 6 heteroatoms. The molecule has 18 heavy (non-hydrogen) atoms. The van der Waals surface area contributed by atoms with Crippen molar-refractivity contribution in [1.82, 2.24) is 0 Å². The number of ether oxygens (including phenoxy) is 1. The van der Waals surface area contributed by atoms with E-state index in [0.717, 1.165) is 5.56 Å². The molecule has 0 spiro atoms. The van der Waals surface area contributed by atoms with Crippen molar-refractivity contribution in [2.45, 2.75) is 11.8 Å². The summed E-state index contributed by atoms with van der Waals surface area (Å²) >= 11 is 5.68. The molecule has 5 nitrogen and oxygen atoms in total. The van der Waals surface area contributed by atoms with Crippen LogP contribution >= 0.6 is 11.6 Å². The van der Waals surface area contributed by atoms with Crippen LogP contribution in [0.2, 0.25) is 0 Å². The number of nitrogens with zero attached hydrogens (tertiary/aromatic N) is 1. The van der Waals surface area contributed by atoms with Crippen LogP contribution < -0.4 is 9.64 Å². The van der Waals surface area contributed by atoms with Gasteiger partial charge in [0.1, 0.15) is 11.1 Å². The van der Waals surface area contributed by atoms with Gasteiger partial charge in [-0.15, -0.1) is 11.6 Å². The van der Waals surface area contributed by atoms with E-state index in [4.69, 9.17) is 21.4 Å². The van der Waals surface area contributed by atoms with Gasteiger partial charge in [0.15, 0.2) is 6.61 Å². The summed E-state index contributed by atoms with van der Waals surface area (Å²) in [5.41, 5.74) is 1.44. The van der Waals surface area contributed by atoms with Crippen LogP contribution in [0.1, 0.15) is 5.56 Å². The van der Waals surface area contributed by atoms with Gasteiger partial charge in [-0.2, -0.15) is 0 Å². The monoisotopic (exact) mass is 269 g/mol. The van der Waals surface area contributed by atoms with Crippen LogP contribution in [-0.2, 0) is 16.0 Å². The van der Waals surface area contributed by atoms with Crippen LogP contribution in [0.25, 0.3) is 0 Å². The highest BCUT2D eigenvalue weighted by Gasteiger charge is 2.23. The average Bonchev–Trinajstić information content (AvgIpc) is 2.34. The summed E-state index contributed by atoms with van der Waals surface area (Å²) < 4.78 is 5.31. The third-order valence-electron chi connectivity index (χ3n) is 2.79. The van der Waals surface area contributed by atoms with Crippen molar-refractivity contribution < 1.29 is 19.4 Å². The van der Waals surface area contributed by atoms with Gasteiger partial charge in [0.25, 0.3) is 5.91 Å². The topological polar surface area (TPSA) is 66.8 Å². The second-order valence-electron chi connectivity index (χ2n) is 4.05. The second-order valence-corrected chi connectivity index (χ2v) is 4.58. The van der Waals surface area contributed by atoms with E-state index in [0.29, 0.717) is 11.4 Å². The third kappa shape index (κ3) is 2.41. The average molecular weight is 270 g/mol. The molecule has 0 radical (unpaired) electrons. The highest BCUT2D eigenvalue weighted by molar-refractivity contribution is 6.29. The number of carboxylic acid groups (broad SMARTS) is 1. The van der Waals surface area contributed by atoms with E-state index in [-0.39, 0.29) is 18.9 Å². The van der Waals surface area contributed by atoms with E-state index >= 15 is 0 Å². The first-order valence-corrected chi connectivity index (χ1v) is 5.82. The molecule has 0 bridgehead atoms. The Labute approximate surface area is 109 Å². The predicted molar refractivity (Wildman–Crippen MR) is 66.3 cm³/mol. The molecule has 1 amide bonds. The van der Waals surface area contributed by atoms with Crippen LogP contribution in [0.15, 0.2) is 18.2 Å². The molecular weight excluding hydrogens is 258 g/mol. The molecule has 96 valence electrons. The zero-order chi connectivity index (χ0) is 13.3.